The second kappa shape index (κ2) is 7.53. The van der Waals surface area contributed by atoms with Crippen molar-refractivity contribution in [1.29, 1.82) is 0 Å². The summed E-state index contributed by atoms with van der Waals surface area (Å²) in [6.07, 6.45) is 1.58. The summed E-state index contributed by atoms with van der Waals surface area (Å²) in [6, 6.07) is 6.70. The second-order valence-corrected chi connectivity index (χ2v) is 9.02. The number of sulfone groups is 1. The molecule has 3 N–H and O–H groups in total. The number of hydrogen-bond acceptors (Lipinski definition) is 5. The predicted molar refractivity (Wildman–Crippen MR) is 98.2 cm³/mol. The van der Waals surface area contributed by atoms with Crippen LogP contribution >= 0.6 is 0 Å². The number of carbonyl (C=O) groups is 2. The van der Waals surface area contributed by atoms with E-state index in [1.54, 1.807) is 38.1 Å². The van der Waals surface area contributed by atoms with Crippen LogP contribution in [0.3, 0.4) is 0 Å². The van der Waals surface area contributed by atoms with E-state index in [0.717, 1.165) is 6.26 Å². The van der Waals surface area contributed by atoms with Crippen molar-refractivity contribution in [2.45, 2.75) is 31.4 Å². The molecule has 0 aromatic heterocycles. The van der Waals surface area contributed by atoms with Crippen LogP contribution in [0.1, 0.15) is 26.7 Å². The number of hydrogen-bond donors (Lipinski definition) is 3. The van der Waals surface area contributed by atoms with Gasteiger partial charge in [-0.25, -0.2) is 8.42 Å². The number of carbonyl (C=O) groups excluding carboxylic acids is 2. The summed E-state index contributed by atoms with van der Waals surface area (Å²) in [7, 11) is -3.57. The minimum Gasteiger partial charge on any atom is -0.326 e. The van der Waals surface area contributed by atoms with Gasteiger partial charge >= 0.3 is 0 Å². The van der Waals surface area contributed by atoms with E-state index < -0.39 is 20.5 Å². The normalized spacial score (nSPS) is 17.1. The monoisotopic (exact) mass is 367 g/mol. The molecule has 8 heteroatoms. The fourth-order valence-electron chi connectivity index (χ4n) is 2.80. The van der Waals surface area contributed by atoms with Gasteiger partial charge < -0.3 is 16.0 Å². The van der Waals surface area contributed by atoms with Crippen LogP contribution in [-0.4, -0.2) is 44.3 Å². The van der Waals surface area contributed by atoms with Gasteiger partial charge in [0.1, 0.15) is 0 Å². The van der Waals surface area contributed by atoms with Gasteiger partial charge in [-0.2, -0.15) is 0 Å². The van der Waals surface area contributed by atoms with Gasteiger partial charge in [-0.3, -0.25) is 9.59 Å². The van der Waals surface area contributed by atoms with Crippen LogP contribution in [-0.2, 0) is 19.4 Å². The molecule has 0 atom stereocenters. The number of benzene rings is 1. The van der Waals surface area contributed by atoms with E-state index in [9.17, 15) is 18.0 Å². The minimum absolute atomic E-state index is 0.130. The number of piperidine rings is 1. The molecule has 25 heavy (non-hydrogen) atoms. The molecule has 2 amide bonds. The molecule has 2 rings (SSSR count). The molecule has 1 saturated heterocycles. The third-order valence-electron chi connectivity index (χ3n) is 4.45. The first-order valence-corrected chi connectivity index (χ1v) is 10.2. The molecular weight excluding hydrogens is 342 g/mol. The molecule has 0 unspecified atom stereocenters. The lowest BCUT2D eigenvalue weighted by atomic mass is 9.95. The highest BCUT2D eigenvalue weighted by atomic mass is 32.2. The zero-order valence-electron chi connectivity index (χ0n) is 14.8. The van der Waals surface area contributed by atoms with Crippen molar-refractivity contribution in [3.63, 3.8) is 0 Å². The van der Waals surface area contributed by atoms with Crippen LogP contribution in [0.4, 0.5) is 11.4 Å². The molecule has 7 nitrogen and oxygen atoms in total. The van der Waals surface area contributed by atoms with Gasteiger partial charge in [-0.05, 0) is 44.1 Å². The second-order valence-electron chi connectivity index (χ2n) is 6.70. The zero-order chi connectivity index (χ0) is 18.7. The average Bonchev–Trinajstić information content (AvgIpc) is 2.54. The lowest BCUT2D eigenvalue weighted by Gasteiger charge is -2.34. The zero-order valence-corrected chi connectivity index (χ0v) is 15.6. The Labute approximate surface area is 148 Å². The molecule has 0 spiro atoms. The number of anilines is 2. The topological polar surface area (TPSA) is 104 Å². The van der Waals surface area contributed by atoms with Crippen LogP contribution in [0.2, 0.25) is 0 Å². The maximum absolute atomic E-state index is 12.8. The Kier molecular flexibility index (Phi) is 5.84. The maximum Gasteiger partial charge on any atom is 0.245 e. The van der Waals surface area contributed by atoms with Crippen LogP contribution in [0.25, 0.3) is 0 Å². The molecule has 0 radical (unpaired) electrons. The van der Waals surface area contributed by atoms with Gasteiger partial charge in [-0.1, -0.05) is 19.9 Å². The molecule has 1 heterocycles. The summed E-state index contributed by atoms with van der Waals surface area (Å²) >= 11 is 0. The van der Waals surface area contributed by atoms with Crippen LogP contribution in [0.5, 0.6) is 0 Å². The van der Waals surface area contributed by atoms with Crippen molar-refractivity contribution >= 4 is 33.0 Å². The summed E-state index contributed by atoms with van der Waals surface area (Å²) in [5, 5.41) is 8.54. The first kappa shape index (κ1) is 19.4. The van der Waals surface area contributed by atoms with Crippen molar-refractivity contribution in [2.24, 2.45) is 5.92 Å². The van der Waals surface area contributed by atoms with Gasteiger partial charge in [0, 0.05) is 23.5 Å². The summed E-state index contributed by atoms with van der Waals surface area (Å²) in [6.45, 7) is 4.53. The third-order valence-corrected chi connectivity index (χ3v) is 6.46. The van der Waals surface area contributed by atoms with E-state index in [2.05, 4.69) is 16.0 Å². The van der Waals surface area contributed by atoms with Crippen LogP contribution < -0.4 is 16.0 Å². The van der Waals surface area contributed by atoms with E-state index in [4.69, 9.17) is 0 Å². The minimum atomic E-state index is -3.57. The highest BCUT2D eigenvalue weighted by Crippen LogP contribution is 2.29. The third kappa shape index (κ3) is 4.38. The van der Waals surface area contributed by atoms with E-state index in [-0.39, 0.29) is 24.7 Å². The average molecular weight is 367 g/mol. The fourth-order valence-corrected chi connectivity index (χ4v) is 4.14. The number of amides is 2. The van der Waals surface area contributed by atoms with Crippen LogP contribution in [0.15, 0.2) is 24.3 Å². The van der Waals surface area contributed by atoms with Gasteiger partial charge in [0.25, 0.3) is 0 Å². The summed E-state index contributed by atoms with van der Waals surface area (Å²) < 4.78 is 23.1. The van der Waals surface area contributed by atoms with Gasteiger partial charge in [0.05, 0.1) is 0 Å². The SMILES string of the molecule is CC(C)C(=O)Nc1cccc(NC(=O)C2(S(C)(=O)=O)CCNCC2)c1. The fraction of sp³-hybridized carbons (Fsp3) is 0.529. The smallest absolute Gasteiger partial charge is 0.245 e. The molecule has 138 valence electrons. The molecule has 1 aliphatic rings. The van der Waals surface area contributed by atoms with Gasteiger partial charge in [-0.15, -0.1) is 0 Å². The highest BCUT2D eigenvalue weighted by molar-refractivity contribution is 7.92. The van der Waals surface area contributed by atoms with E-state index in [1.807, 2.05) is 0 Å². The van der Waals surface area contributed by atoms with Crippen LogP contribution in [0, 0.1) is 5.92 Å². The molecule has 1 fully saturated rings. The molecule has 0 bridgehead atoms. The molecule has 0 saturated carbocycles. The molecule has 0 aliphatic carbocycles. The summed E-state index contributed by atoms with van der Waals surface area (Å²) in [5.74, 6) is -0.820. The van der Waals surface area contributed by atoms with Gasteiger partial charge in [0.15, 0.2) is 14.6 Å². The van der Waals surface area contributed by atoms with E-state index in [1.165, 1.54) is 0 Å². The predicted octanol–water partition coefficient (Wildman–Crippen LogP) is 1.39. The molecule has 1 aromatic rings. The van der Waals surface area contributed by atoms with E-state index >= 15 is 0 Å². The summed E-state index contributed by atoms with van der Waals surface area (Å²) in [5.41, 5.74) is 1.00. The van der Waals surface area contributed by atoms with Crippen molar-refractivity contribution in [3.05, 3.63) is 24.3 Å². The Bertz CT molecular complexity index is 753. The van der Waals surface area contributed by atoms with Crippen molar-refractivity contribution in [3.8, 4) is 0 Å². The Morgan fingerprint density at radius 1 is 1.12 bits per heavy atom. The van der Waals surface area contributed by atoms with Gasteiger partial charge in [0.2, 0.25) is 11.8 Å². The molecule has 1 aliphatic heterocycles. The summed E-state index contributed by atoms with van der Waals surface area (Å²) in [4.78, 5) is 24.6. The van der Waals surface area contributed by atoms with Crippen molar-refractivity contribution in [1.82, 2.24) is 5.32 Å². The van der Waals surface area contributed by atoms with Crippen molar-refractivity contribution < 1.29 is 18.0 Å². The lowest BCUT2D eigenvalue weighted by Crippen LogP contribution is -2.55. The Balaban J connectivity index is 2.20. The largest absolute Gasteiger partial charge is 0.326 e. The molecular formula is C17H25N3O4S. The Hall–Kier alpha value is -1.93. The standard InChI is InChI=1S/C17H25N3O4S/c1-12(2)15(21)19-13-5-4-6-14(11-13)20-16(22)17(25(3,23)24)7-9-18-10-8-17/h4-6,11-12,18H,7-10H2,1-3H3,(H,19,21)(H,20,22). The Morgan fingerprint density at radius 3 is 2.20 bits per heavy atom. The highest BCUT2D eigenvalue weighted by Gasteiger charge is 2.48. The molecule has 1 aromatic carbocycles. The number of nitrogens with one attached hydrogen (secondary N) is 3. The first-order chi connectivity index (χ1) is 11.7. The quantitative estimate of drug-likeness (QED) is 0.729. The first-order valence-electron chi connectivity index (χ1n) is 8.28. The Morgan fingerprint density at radius 2 is 1.68 bits per heavy atom. The van der Waals surface area contributed by atoms with Crippen molar-refractivity contribution in [2.75, 3.05) is 30.0 Å². The maximum atomic E-state index is 12.8. The lowest BCUT2D eigenvalue weighted by molar-refractivity contribution is -0.119. The van der Waals surface area contributed by atoms with E-state index in [0.29, 0.717) is 24.5 Å². The number of rotatable bonds is 5.